The Morgan fingerprint density at radius 2 is 2.27 bits per heavy atom. The van der Waals surface area contributed by atoms with Crippen LogP contribution in [0.3, 0.4) is 0 Å². The van der Waals surface area contributed by atoms with Gasteiger partial charge in [-0.15, -0.1) is 0 Å². The van der Waals surface area contributed by atoms with Crippen LogP contribution in [0.4, 0.5) is 0 Å². The van der Waals surface area contributed by atoms with Crippen LogP contribution in [-0.4, -0.2) is 24.7 Å². The van der Waals surface area contributed by atoms with Gasteiger partial charge in [-0.1, -0.05) is 6.07 Å². The number of hydrogen-bond donors (Lipinski definition) is 1. The lowest BCUT2D eigenvalue weighted by Crippen LogP contribution is -2.17. The Hall–Kier alpha value is -0.930. The van der Waals surface area contributed by atoms with Crippen LogP contribution in [0.1, 0.15) is 24.7 Å². The third-order valence-corrected chi connectivity index (χ3v) is 2.10. The molecule has 15 heavy (non-hydrogen) atoms. The molecule has 1 heterocycles. The van der Waals surface area contributed by atoms with Crippen molar-refractivity contribution in [2.75, 3.05) is 19.8 Å². The molecule has 1 aromatic heterocycles. The van der Waals surface area contributed by atoms with Gasteiger partial charge >= 0.3 is 0 Å². The summed E-state index contributed by atoms with van der Waals surface area (Å²) in [6, 6.07) is 6.10. The fourth-order valence-electron chi connectivity index (χ4n) is 1.36. The molecule has 0 amide bonds. The first-order chi connectivity index (χ1) is 7.33. The van der Waals surface area contributed by atoms with Crippen LogP contribution in [0.5, 0.6) is 0 Å². The van der Waals surface area contributed by atoms with Gasteiger partial charge in [0.25, 0.3) is 0 Å². The van der Waals surface area contributed by atoms with E-state index in [0.29, 0.717) is 0 Å². The number of rotatable bonds is 7. The van der Waals surface area contributed by atoms with Gasteiger partial charge in [0.2, 0.25) is 0 Å². The zero-order valence-corrected chi connectivity index (χ0v) is 9.62. The maximum Gasteiger partial charge on any atom is 0.0544 e. The summed E-state index contributed by atoms with van der Waals surface area (Å²) < 4.78 is 5.25. The van der Waals surface area contributed by atoms with E-state index < -0.39 is 0 Å². The number of nitrogens with one attached hydrogen (secondary N) is 1. The fourth-order valence-corrected chi connectivity index (χ4v) is 1.36. The predicted molar refractivity (Wildman–Crippen MR) is 61.8 cm³/mol. The van der Waals surface area contributed by atoms with E-state index in [-0.39, 0.29) is 0 Å². The van der Waals surface area contributed by atoms with Gasteiger partial charge in [0, 0.05) is 25.5 Å². The molecule has 0 aromatic carbocycles. The van der Waals surface area contributed by atoms with Crippen LogP contribution in [0.15, 0.2) is 18.2 Å². The fraction of sp³-hybridized carbons (Fsp3) is 0.583. The molecule has 3 nitrogen and oxygen atoms in total. The first-order valence-corrected chi connectivity index (χ1v) is 5.54. The van der Waals surface area contributed by atoms with Gasteiger partial charge in [-0.2, -0.15) is 0 Å². The van der Waals surface area contributed by atoms with E-state index in [2.05, 4.69) is 10.3 Å². The Morgan fingerprint density at radius 3 is 3.00 bits per heavy atom. The number of pyridine rings is 1. The summed E-state index contributed by atoms with van der Waals surface area (Å²) in [5, 5.41) is 3.35. The van der Waals surface area contributed by atoms with Crippen molar-refractivity contribution < 1.29 is 4.74 Å². The molecule has 0 radical (unpaired) electrons. The quantitative estimate of drug-likeness (QED) is 0.695. The van der Waals surface area contributed by atoms with Crippen LogP contribution >= 0.6 is 0 Å². The third-order valence-electron chi connectivity index (χ3n) is 2.10. The minimum Gasteiger partial charge on any atom is -0.382 e. The SMILES string of the molecule is CCOCCCNCc1cccc(C)n1. The highest BCUT2D eigenvalue weighted by molar-refractivity contribution is 5.09. The predicted octanol–water partition coefficient (Wildman–Crippen LogP) is 1.91. The monoisotopic (exact) mass is 208 g/mol. The molecule has 1 N–H and O–H groups in total. The number of aromatic nitrogens is 1. The van der Waals surface area contributed by atoms with E-state index in [4.69, 9.17) is 4.74 Å². The van der Waals surface area contributed by atoms with Crippen LogP contribution in [0.2, 0.25) is 0 Å². The first kappa shape index (κ1) is 12.1. The lowest BCUT2D eigenvalue weighted by molar-refractivity contribution is 0.144. The van der Waals surface area contributed by atoms with Crippen LogP contribution < -0.4 is 5.32 Å². The van der Waals surface area contributed by atoms with Gasteiger partial charge in [0.05, 0.1) is 5.69 Å². The van der Waals surface area contributed by atoms with Crippen molar-refractivity contribution in [3.8, 4) is 0 Å². The van der Waals surface area contributed by atoms with Crippen molar-refractivity contribution in [1.29, 1.82) is 0 Å². The molecule has 0 unspecified atom stereocenters. The summed E-state index contributed by atoms with van der Waals surface area (Å²) >= 11 is 0. The Kier molecular flexibility index (Phi) is 5.97. The zero-order chi connectivity index (χ0) is 10.9. The van der Waals surface area contributed by atoms with Gasteiger partial charge in [0.15, 0.2) is 0 Å². The van der Waals surface area contributed by atoms with Crippen molar-refractivity contribution in [1.82, 2.24) is 10.3 Å². The minimum atomic E-state index is 0.805. The van der Waals surface area contributed by atoms with Crippen molar-refractivity contribution >= 4 is 0 Å². The highest BCUT2D eigenvalue weighted by atomic mass is 16.5. The van der Waals surface area contributed by atoms with Crippen molar-refractivity contribution in [3.63, 3.8) is 0 Å². The maximum absolute atomic E-state index is 5.25. The van der Waals surface area contributed by atoms with E-state index in [1.54, 1.807) is 0 Å². The highest BCUT2D eigenvalue weighted by Crippen LogP contribution is 1.97. The van der Waals surface area contributed by atoms with Gasteiger partial charge in [-0.3, -0.25) is 4.98 Å². The molecule has 0 saturated heterocycles. The van der Waals surface area contributed by atoms with Crippen molar-refractivity contribution in [3.05, 3.63) is 29.6 Å². The largest absolute Gasteiger partial charge is 0.382 e. The van der Waals surface area contributed by atoms with Crippen LogP contribution in [0.25, 0.3) is 0 Å². The standard InChI is InChI=1S/C12H20N2O/c1-3-15-9-5-8-13-10-12-7-4-6-11(2)14-12/h4,6-7,13H,3,5,8-10H2,1-2H3. The van der Waals surface area contributed by atoms with E-state index in [9.17, 15) is 0 Å². The molecule has 84 valence electrons. The second kappa shape index (κ2) is 7.37. The number of hydrogen-bond acceptors (Lipinski definition) is 3. The molecule has 0 aliphatic carbocycles. The van der Waals surface area contributed by atoms with Gasteiger partial charge < -0.3 is 10.1 Å². The summed E-state index contributed by atoms with van der Waals surface area (Å²) in [5.41, 5.74) is 2.18. The summed E-state index contributed by atoms with van der Waals surface area (Å²) in [5.74, 6) is 0. The van der Waals surface area contributed by atoms with Crippen molar-refractivity contribution in [2.24, 2.45) is 0 Å². The Balaban J connectivity index is 2.10. The van der Waals surface area contributed by atoms with Crippen LogP contribution in [-0.2, 0) is 11.3 Å². The Labute approximate surface area is 91.9 Å². The van der Waals surface area contributed by atoms with E-state index >= 15 is 0 Å². The Morgan fingerprint density at radius 1 is 1.40 bits per heavy atom. The topological polar surface area (TPSA) is 34.1 Å². The zero-order valence-electron chi connectivity index (χ0n) is 9.62. The minimum absolute atomic E-state index is 0.805. The molecule has 3 heteroatoms. The molecule has 0 fully saturated rings. The maximum atomic E-state index is 5.25. The molecular weight excluding hydrogens is 188 g/mol. The second-order valence-electron chi connectivity index (χ2n) is 3.50. The van der Waals surface area contributed by atoms with E-state index in [1.807, 2.05) is 32.0 Å². The van der Waals surface area contributed by atoms with E-state index in [1.165, 1.54) is 0 Å². The molecular formula is C12H20N2O. The smallest absolute Gasteiger partial charge is 0.0544 e. The summed E-state index contributed by atoms with van der Waals surface area (Å²) in [7, 11) is 0. The average molecular weight is 208 g/mol. The molecule has 0 saturated carbocycles. The molecule has 0 bridgehead atoms. The summed E-state index contributed by atoms with van der Waals surface area (Å²) in [4.78, 5) is 4.41. The lowest BCUT2D eigenvalue weighted by Gasteiger charge is -2.05. The van der Waals surface area contributed by atoms with Gasteiger partial charge in [-0.25, -0.2) is 0 Å². The average Bonchev–Trinajstić information content (AvgIpc) is 2.23. The summed E-state index contributed by atoms with van der Waals surface area (Å²) in [6.45, 7) is 7.50. The molecule has 0 atom stereocenters. The van der Waals surface area contributed by atoms with Gasteiger partial charge in [0.1, 0.15) is 0 Å². The molecule has 0 spiro atoms. The number of ether oxygens (including phenoxy) is 1. The molecule has 0 aliphatic rings. The third kappa shape index (κ3) is 5.50. The van der Waals surface area contributed by atoms with E-state index in [0.717, 1.165) is 44.1 Å². The summed E-state index contributed by atoms with van der Waals surface area (Å²) in [6.07, 6.45) is 1.06. The second-order valence-corrected chi connectivity index (χ2v) is 3.50. The normalized spacial score (nSPS) is 10.5. The Bertz CT molecular complexity index is 276. The molecule has 1 rings (SSSR count). The lowest BCUT2D eigenvalue weighted by atomic mass is 10.3. The van der Waals surface area contributed by atoms with Gasteiger partial charge in [-0.05, 0) is 38.9 Å². The number of aryl methyl sites for hydroxylation is 1. The van der Waals surface area contributed by atoms with Crippen LogP contribution in [0, 0.1) is 6.92 Å². The molecule has 1 aromatic rings. The first-order valence-electron chi connectivity index (χ1n) is 5.54. The highest BCUT2D eigenvalue weighted by Gasteiger charge is 1.94. The molecule has 0 aliphatic heterocycles. The van der Waals surface area contributed by atoms with Crippen molar-refractivity contribution in [2.45, 2.75) is 26.8 Å². The number of nitrogens with zero attached hydrogens (tertiary/aromatic N) is 1.